The number of aryl methyl sites for hydroxylation is 1. The molecule has 0 bridgehead atoms. The fraction of sp³-hybridized carbons (Fsp3) is 0.583. The van der Waals surface area contributed by atoms with Crippen LogP contribution in [0.4, 0.5) is 0 Å². The van der Waals surface area contributed by atoms with Crippen LogP contribution >= 0.6 is 11.8 Å². The highest BCUT2D eigenvalue weighted by Gasteiger charge is 2.02. The van der Waals surface area contributed by atoms with Gasteiger partial charge in [0.1, 0.15) is 5.75 Å². The Balaban J connectivity index is 2.15. The number of hydrogen-bond acceptors (Lipinski definition) is 5. The number of nitrogens with one attached hydrogen (secondary N) is 1. The van der Waals surface area contributed by atoms with E-state index >= 15 is 0 Å². The van der Waals surface area contributed by atoms with Crippen LogP contribution in [0.5, 0.6) is 5.75 Å². The lowest BCUT2D eigenvalue weighted by Gasteiger charge is -2.06. The van der Waals surface area contributed by atoms with Crippen LogP contribution in [0, 0.1) is 6.92 Å². The van der Waals surface area contributed by atoms with Gasteiger partial charge in [-0.15, -0.1) is 0 Å². The summed E-state index contributed by atoms with van der Waals surface area (Å²) in [4.78, 5) is 4.27. The van der Waals surface area contributed by atoms with Crippen LogP contribution in [-0.2, 0) is 6.54 Å². The quantitative estimate of drug-likeness (QED) is 0.612. The number of aromatic hydroxyl groups is 1. The molecule has 1 aromatic rings. The van der Waals surface area contributed by atoms with E-state index in [1.165, 1.54) is 0 Å². The normalized spacial score (nSPS) is 10.7. The summed E-state index contributed by atoms with van der Waals surface area (Å²) in [6.45, 7) is 3.65. The number of nitrogens with zero attached hydrogens (tertiary/aromatic N) is 1. The van der Waals surface area contributed by atoms with Crippen LogP contribution in [0.3, 0.4) is 0 Å². The molecule has 0 radical (unpaired) electrons. The second kappa shape index (κ2) is 8.33. The van der Waals surface area contributed by atoms with Crippen LogP contribution in [0.25, 0.3) is 0 Å². The second-order valence-electron chi connectivity index (χ2n) is 3.78. The Labute approximate surface area is 106 Å². The van der Waals surface area contributed by atoms with Gasteiger partial charge in [-0.1, -0.05) is 0 Å². The van der Waals surface area contributed by atoms with E-state index in [4.69, 9.17) is 5.11 Å². The Bertz CT molecular complexity index is 334. The van der Waals surface area contributed by atoms with Gasteiger partial charge in [0.2, 0.25) is 0 Å². The number of aromatic nitrogens is 1. The van der Waals surface area contributed by atoms with Gasteiger partial charge in [-0.3, -0.25) is 4.98 Å². The van der Waals surface area contributed by atoms with E-state index in [2.05, 4.69) is 10.3 Å². The summed E-state index contributed by atoms with van der Waals surface area (Å²) in [7, 11) is 0. The number of aliphatic hydroxyl groups is 1. The van der Waals surface area contributed by atoms with Crippen molar-refractivity contribution in [3.8, 4) is 5.75 Å². The minimum Gasteiger partial charge on any atom is -0.506 e. The van der Waals surface area contributed by atoms with Crippen molar-refractivity contribution in [3.05, 3.63) is 23.5 Å². The van der Waals surface area contributed by atoms with Crippen molar-refractivity contribution in [2.24, 2.45) is 0 Å². The van der Waals surface area contributed by atoms with Gasteiger partial charge >= 0.3 is 0 Å². The largest absolute Gasteiger partial charge is 0.506 e. The van der Waals surface area contributed by atoms with Gasteiger partial charge in [-0.05, 0) is 31.2 Å². The molecule has 0 fully saturated rings. The zero-order valence-corrected chi connectivity index (χ0v) is 11.0. The predicted octanol–water partition coefficient (Wildman–Crippen LogP) is 1.30. The Morgan fingerprint density at radius 2 is 2.18 bits per heavy atom. The van der Waals surface area contributed by atoms with Crippen molar-refractivity contribution >= 4 is 11.8 Å². The van der Waals surface area contributed by atoms with Crippen molar-refractivity contribution < 1.29 is 10.2 Å². The first kappa shape index (κ1) is 14.3. The van der Waals surface area contributed by atoms with Crippen molar-refractivity contribution in [2.45, 2.75) is 19.9 Å². The second-order valence-corrected chi connectivity index (χ2v) is 5.01. The molecule has 0 saturated heterocycles. The summed E-state index contributed by atoms with van der Waals surface area (Å²) in [5.41, 5.74) is 1.61. The van der Waals surface area contributed by atoms with Crippen molar-refractivity contribution in [1.29, 1.82) is 0 Å². The topological polar surface area (TPSA) is 65.4 Å². The molecule has 0 aliphatic carbocycles. The highest BCUT2D eigenvalue weighted by atomic mass is 32.2. The Kier molecular flexibility index (Phi) is 7.00. The van der Waals surface area contributed by atoms with Crippen LogP contribution in [0.15, 0.2) is 12.1 Å². The molecule has 0 saturated carbocycles. The van der Waals surface area contributed by atoms with E-state index in [-0.39, 0.29) is 12.4 Å². The smallest absolute Gasteiger partial charge is 0.138 e. The van der Waals surface area contributed by atoms with E-state index < -0.39 is 0 Å². The lowest BCUT2D eigenvalue weighted by atomic mass is 10.3. The third-order valence-electron chi connectivity index (χ3n) is 2.25. The average molecular weight is 256 g/mol. The summed E-state index contributed by atoms with van der Waals surface area (Å²) >= 11 is 1.81. The summed E-state index contributed by atoms with van der Waals surface area (Å²) in [5.74, 6) is 2.25. The van der Waals surface area contributed by atoms with E-state index in [1.54, 1.807) is 12.1 Å². The maximum atomic E-state index is 9.57. The molecule has 0 aliphatic rings. The molecule has 1 rings (SSSR count). The van der Waals surface area contributed by atoms with Crippen LogP contribution in [0.1, 0.15) is 17.8 Å². The van der Waals surface area contributed by atoms with Crippen LogP contribution in [-0.4, -0.2) is 39.9 Å². The Morgan fingerprint density at radius 1 is 1.35 bits per heavy atom. The first-order chi connectivity index (χ1) is 8.24. The predicted molar refractivity (Wildman–Crippen MR) is 71.4 cm³/mol. The highest BCUT2D eigenvalue weighted by Crippen LogP contribution is 2.14. The maximum Gasteiger partial charge on any atom is 0.138 e. The monoisotopic (exact) mass is 256 g/mol. The molecule has 0 spiro atoms. The first-order valence-electron chi connectivity index (χ1n) is 5.79. The molecule has 0 aliphatic heterocycles. The molecular formula is C12H20N2O2S. The minimum absolute atomic E-state index is 0.246. The molecule has 0 aromatic carbocycles. The van der Waals surface area contributed by atoms with E-state index in [9.17, 15) is 5.11 Å². The number of rotatable bonds is 8. The summed E-state index contributed by atoms with van der Waals surface area (Å²) < 4.78 is 0. The van der Waals surface area contributed by atoms with E-state index in [0.29, 0.717) is 12.2 Å². The number of thioether (sulfide) groups is 1. The van der Waals surface area contributed by atoms with Gasteiger partial charge in [0.05, 0.1) is 5.69 Å². The fourth-order valence-corrected chi connectivity index (χ4v) is 2.18. The molecule has 96 valence electrons. The zero-order valence-electron chi connectivity index (χ0n) is 10.1. The van der Waals surface area contributed by atoms with Gasteiger partial charge in [0, 0.05) is 31.1 Å². The van der Waals surface area contributed by atoms with Gasteiger partial charge < -0.3 is 15.5 Å². The molecule has 4 nitrogen and oxygen atoms in total. The Morgan fingerprint density at radius 3 is 2.94 bits per heavy atom. The lowest BCUT2D eigenvalue weighted by Crippen LogP contribution is -2.17. The Hall–Kier alpha value is -0.780. The molecule has 0 unspecified atom stereocenters. The summed E-state index contributed by atoms with van der Waals surface area (Å²) in [6, 6.07) is 3.47. The third kappa shape index (κ3) is 5.91. The maximum absolute atomic E-state index is 9.57. The van der Waals surface area contributed by atoms with Crippen LogP contribution < -0.4 is 5.32 Å². The fourth-order valence-electron chi connectivity index (χ4n) is 1.35. The lowest BCUT2D eigenvalue weighted by molar-refractivity contribution is 0.296. The van der Waals surface area contributed by atoms with Crippen molar-refractivity contribution in [3.63, 3.8) is 0 Å². The molecule has 0 atom stereocenters. The van der Waals surface area contributed by atoms with Gasteiger partial charge in [-0.2, -0.15) is 11.8 Å². The van der Waals surface area contributed by atoms with E-state index in [1.807, 2.05) is 18.7 Å². The van der Waals surface area contributed by atoms with Gasteiger partial charge in [0.15, 0.2) is 0 Å². The van der Waals surface area contributed by atoms with Crippen LogP contribution in [0.2, 0.25) is 0 Å². The molecule has 17 heavy (non-hydrogen) atoms. The standard InChI is InChI=1S/C12H20N2O2S/c1-10-3-4-12(16)11(14-10)9-13-5-8-17-7-2-6-15/h3-4,13,15-16H,2,5-9H2,1H3. The number of pyridine rings is 1. The SMILES string of the molecule is Cc1ccc(O)c(CNCCSCCCO)n1. The number of hydrogen-bond donors (Lipinski definition) is 3. The van der Waals surface area contributed by atoms with Gasteiger partial charge in [0.25, 0.3) is 0 Å². The van der Waals surface area contributed by atoms with Crippen molar-refractivity contribution in [2.75, 3.05) is 24.7 Å². The van der Waals surface area contributed by atoms with E-state index in [0.717, 1.165) is 30.2 Å². The highest BCUT2D eigenvalue weighted by molar-refractivity contribution is 7.99. The number of aliphatic hydroxyl groups excluding tert-OH is 1. The summed E-state index contributed by atoms with van der Waals surface area (Å²) in [6.07, 6.45) is 0.852. The molecular weight excluding hydrogens is 236 g/mol. The molecule has 5 heteroatoms. The zero-order chi connectivity index (χ0) is 12.5. The average Bonchev–Trinajstić information content (AvgIpc) is 2.32. The minimum atomic E-state index is 0.246. The summed E-state index contributed by atoms with van der Waals surface area (Å²) in [5, 5.41) is 21.4. The third-order valence-corrected chi connectivity index (χ3v) is 3.32. The molecule has 1 aromatic heterocycles. The molecule has 0 amide bonds. The molecule has 1 heterocycles. The van der Waals surface area contributed by atoms with Gasteiger partial charge in [-0.25, -0.2) is 0 Å². The van der Waals surface area contributed by atoms with Crippen molar-refractivity contribution in [1.82, 2.24) is 10.3 Å². The molecule has 3 N–H and O–H groups in total. The first-order valence-corrected chi connectivity index (χ1v) is 6.94.